The number of nitrogens with zero attached hydrogens (tertiary/aromatic N) is 1. The molecule has 0 atom stereocenters. The van der Waals surface area contributed by atoms with Crippen LogP contribution >= 0.6 is 0 Å². The maximum absolute atomic E-state index is 11.2. The summed E-state index contributed by atoms with van der Waals surface area (Å²) in [5, 5.41) is 9.16. The summed E-state index contributed by atoms with van der Waals surface area (Å²) in [6.07, 6.45) is 7.23. The Bertz CT molecular complexity index is 927. The zero-order valence-corrected chi connectivity index (χ0v) is 14.8. The first-order valence-corrected chi connectivity index (χ1v) is 8.73. The molecule has 3 rings (SSSR count). The normalized spacial score (nSPS) is 11.0. The summed E-state index contributed by atoms with van der Waals surface area (Å²) in [5.74, 6) is -0.902. The fourth-order valence-corrected chi connectivity index (χ4v) is 2.83. The fraction of sp³-hybridized carbons (Fsp3) is 0.130. The van der Waals surface area contributed by atoms with Crippen LogP contribution in [0.15, 0.2) is 72.9 Å². The lowest BCUT2D eigenvalue weighted by Crippen LogP contribution is -2.37. The lowest BCUT2D eigenvalue weighted by molar-refractivity contribution is -0.690. The van der Waals surface area contributed by atoms with Gasteiger partial charge in [0.2, 0.25) is 5.69 Å². The van der Waals surface area contributed by atoms with E-state index in [1.54, 1.807) is 18.2 Å². The Morgan fingerprint density at radius 2 is 1.77 bits per heavy atom. The maximum atomic E-state index is 11.2. The van der Waals surface area contributed by atoms with Crippen molar-refractivity contribution < 1.29 is 14.5 Å². The summed E-state index contributed by atoms with van der Waals surface area (Å²) in [4.78, 5) is 11.2. The number of aromatic nitrogens is 1. The maximum Gasteiger partial charge on any atom is 0.335 e. The fourth-order valence-electron chi connectivity index (χ4n) is 2.83. The molecule has 0 spiro atoms. The molecule has 0 unspecified atom stereocenters. The second-order valence-corrected chi connectivity index (χ2v) is 6.19. The molecule has 0 amide bonds. The first kappa shape index (κ1) is 17.6. The van der Waals surface area contributed by atoms with Gasteiger partial charge in [-0.1, -0.05) is 43.3 Å². The Balaban J connectivity index is 1.82. The minimum Gasteiger partial charge on any atom is -0.478 e. The van der Waals surface area contributed by atoms with Crippen molar-refractivity contribution in [3.8, 4) is 0 Å². The van der Waals surface area contributed by atoms with Crippen LogP contribution in [0.2, 0.25) is 0 Å². The Labute approximate surface area is 153 Å². The third kappa shape index (κ3) is 4.45. The Morgan fingerprint density at radius 3 is 2.50 bits per heavy atom. The number of carboxylic acid groups (broad SMARTS) is 1. The lowest BCUT2D eigenvalue weighted by atomic mass is 10.1. The van der Waals surface area contributed by atoms with Crippen LogP contribution in [0.25, 0.3) is 12.2 Å². The van der Waals surface area contributed by atoms with Crippen LogP contribution in [0.5, 0.6) is 0 Å². The van der Waals surface area contributed by atoms with Crippen LogP contribution in [0.3, 0.4) is 0 Å². The van der Waals surface area contributed by atoms with Gasteiger partial charge in [-0.25, -0.2) is 4.79 Å². The van der Waals surface area contributed by atoms with Crippen LogP contribution in [0.1, 0.15) is 39.7 Å². The summed E-state index contributed by atoms with van der Waals surface area (Å²) in [7, 11) is 0. The van der Waals surface area contributed by atoms with Gasteiger partial charge in [0.25, 0.3) is 0 Å². The molecule has 0 saturated heterocycles. The van der Waals surface area contributed by atoms with E-state index in [0.29, 0.717) is 12.1 Å². The highest BCUT2D eigenvalue weighted by molar-refractivity contribution is 5.87. The predicted molar refractivity (Wildman–Crippen MR) is 104 cm³/mol. The van der Waals surface area contributed by atoms with E-state index >= 15 is 0 Å². The molecule has 0 fully saturated rings. The Morgan fingerprint density at radius 1 is 0.962 bits per heavy atom. The molecule has 0 bridgehead atoms. The molecule has 0 aliphatic carbocycles. The number of hydrogen-bond donors (Lipinski definition) is 1. The first-order valence-electron chi connectivity index (χ1n) is 8.73. The monoisotopic (exact) mass is 344 g/mol. The molecule has 1 aromatic heterocycles. The second kappa shape index (κ2) is 8.26. The average Bonchev–Trinajstić information content (AvgIpc) is 2.68. The number of benzene rings is 2. The van der Waals surface area contributed by atoms with Gasteiger partial charge in [0, 0.05) is 23.8 Å². The molecule has 0 aliphatic rings. The van der Waals surface area contributed by atoms with E-state index in [9.17, 15) is 4.79 Å². The minimum absolute atomic E-state index is 0.312. The molecule has 26 heavy (non-hydrogen) atoms. The van der Waals surface area contributed by atoms with Crippen molar-refractivity contribution in [2.45, 2.75) is 19.9 Å². The van der Waals surface area contributed by atoms with E-state index in [1.165, 1.54) is 5.56 Å². The molecule has 0 saturated carbocycles. The Kier molecular flexibility index (Phi) is 5.59. The van der Waals surface area contributed by atoms with Crippen LogP contribution in [0.4, 0.5) is 0 Å². The van der Waals surface area contributed by atoms with Gasteiger partial charge >= 0.3 is 5.97 Å². The third-order valence-electron chi connectivity index (χ3n) is 4.34. The molecule has 3 heteroatoms. The molecule has 1 heterocycles. The van der Waals surface area contributed by atoms with Gasteiger partial charge in [-0.2, -0.15) is 4.57 Å². The number of carbonyl (C=O) groups is 1. The van der Waals surface area contributed by atoms with E-state index < -0.39 is 5.97 Å². The summed E-state index contributed by atoms with van der Waals surface area (Å²) in [6.45, 7) is 2.77. The van der Waals surface area contributed by atoms with E-state index in [2.05, 4.69) is 54.0 Å². The average molecular weight is 344 g/mol. The second-order valence-electron chi connectivity index (χ2n) is 6.19. The molecular formula is C23H22NO2+. The molecule has 0 radical (unpaired) electrons. The van der Waals surface area contributed by atoms with Crippen molar-refractivity contribution in [1.82, 2.24) is 0 Å². The number of pyridine rings is 1. The van der Waals surface area contributed by atoms with Gasteiger partial charge in [-0.15, -0.1) is 0 Å². The predicted octanol–water partition coefficient (Wildman–Crippen LogP) is 4.45. The quantitative estimate of drug-likeness (QED) is 0.671. The first-order chi connectivity index (χ1) is 12.7. The highest BCUT2D eigenvalue weighted by Crippen LogP contribution is 2.10. The van der Waals surface area contributed by atoms with Crippen molar-refractivity contribution >= 4 is 18.1 Å². The zero-order valence-electron chi connectivity index (χ0n) is 14.8. The highest BCUT2D eigenvalue weighted by atomic mass is 16.4. The van der Waals surface area contributed by atoms with Crippen molar-refractivity contribution in [2.24, 2.45) is 0 Å². The smallest absolute Gasteiger partial charge is 0.335 e. The highest BCUT2D eigenvalue weighted by Gasteiger charge is 2.10. The van der Waals surface area contributed by atoms with Crippen LogP contribution in [-0.2, 0) is 13.0 Å². The van der Waals surface area contributed by atoms with Gasteiger partial charge < -0.3 is 5.11 Å². The number of rotatable bonds is 6. The molecule has 130 valence electrons. The molecule has 2 aromatic carbocycles. The van der Waals surface area contributed by atoms with E-state index in [0.717, 1.165) is 23.2 Å². The molecular weight excluding hydrogens is 322 g/mol. The summed E-state index contributed by atoms with van der Waals surface area (Å²) in [6, 6.07) is 21.7. The molecule has 3 aromatic rings. The molecule has 3 nitrogen and oxygen atoms in total. The topological polar surface area (TPSA) is 41.2 Å². The van der Waals surface area contributed by atoms with Crippen molar-refractivity contribution in [3.63, 3.8) is 0 Å². The number of aryl methyl sites for hydroxylation is 1. The minimum atomic E-state index is -0.902. The standard InChI is InChI=1S/C23H21NO2/c1-2-18-9-11-19(12-10-18)13-14-22-8-3-4-15-24(22)17-20-6-5-7-21(16-20)23(25)26/h3-16H,2,17H2,1H3/p+1/b14-13+. The zero-order chi connectivity index (χ0) is 18.4. The van der Waals surface area contributed by atoms with Crippen molar-refractivity contribution in [2.75, 3.05) is 0 Å². The van der Waals surface area contributed by atoms with Gasteiger partial charge in [-0.3, -0.25) is 0 Å². The summed E-state index contributed by atoms with van der Waals surface area (Å²) in [5.41, 5.74) is 4.82. The van der Waals surface area contributed by atoms with Gasteiger partial charge in [-0.05, 0) is 41.8 Å². The molecule has 0 aliphatic heterocycles. The lowest BCUT2D eigenvalue weighted by Gasteiger charge is -2.03. The number of aromatic carboxylic acids is 1. The third-order valence-corrected chi connectivity index (χ3v) is 4.34. The number of hydrogen-bond acceptors (Lipinski definition) is 1. The largest absolute Gasteiger partial charge is 0.478 e. The number of carboxylic acids is 1. The van der Waals surface area contributed by atoms with E-state index in [-0.39, 0.29) is 0 Å². The van der Waals surface area contributed by atoms with Crippen LogP contribution in [-0.4, -0.2) is 11.1 Å². The summed E-state index contributed by atoms with van der Waals surface area (Å²) >= 11 is 0. The van der Waals surface area contributed by atoms with E-state index in [1.807, 2.05) is 24.4 Å². The van der Waals surface area contributed by atoms with Crippen molar-refractivity contribution in [3.05, 3.63) is 101 Å². The Hall–Kier alpha value is -3.20. The van der Waals surface area contributed by atoms with E-state index in [4.69, 9.17) is 5.11 Å². The van der Waals surface area contributed by atoms with Crippen LogP contribution in [0, 0.1) is 0 Å². The van der Waals surface area contributed by atoms with Gasteiger partial charge in [0.15, 0.2) is 12.7 Å². The molecule has 1 N–H and O–H groups in total. The van der Waals surface area contributed by atoms with Crippen LogP contribution < -0.4 is 4.57 Å². The van der Waals surface area contributed by atoms with Crippen molar-refractivity contribution in [1.29, 1.82) is 0 Å². The summed E-state index contributed by atoms with van der Waals surface area (Å²) < 4.78 is 2.11. The van der Waals surface area contributed by atoms with Gasteiger partial charge in [0.05, 0.1) is 5.56 Å². The SMILES string of the molecule is CCc1ccc(/C=C/c2cccc[n+]2Cc2cccc(C(=O)O)c2)cc1. The van der Waals surface area contributed by atoms with Gasteiger partial charge in [0.1, 0.15) is 0 Å².